The zero-order valence-corrected chi connectivity index (χ0v) is 17.9. The maximum absolute atomic E-state index is 11.1. The molecule has 0 rings (SSSR count). The van der Waals surface area contributed by atoms with E-state index in [0.29, 0.717) is 11.4 Å². The van der Waals surface area contributed by atoms with Crippen LogP contribution in [0.25, 0.3) is 0 Å². The third-order valence-electron chi connectivity index (χ3n) is 4.54. The zero-order chi connectivity index (χ0) is 19.3. The molecule has 6 nitrogen and oxygen atoms in total. The van der Waals surface area contributed by atoms with Gasteiger partial charge in [-0.2, -0.15) is 0 Å². The lowest BCUT2D eigenvalue weighted by molar-refractivity contribution is -0.151. The molecule has 1 amide bonds. The number of hydrogen-bond acceptors (Lipinski definition) is 4. The number of nitrogens with two attached hydrogens (primary N) is 1. The molecule has 0 aliphatic carbocycles. The molecular weight excluding hydrogens is 324 g/mol. The highest BCUT2D eigenvalue weighted by Gasteiger charge is 2.52. The lowest BCUT2D eigenvalue weighted by Gasteiger charge is -2.52. The lowest BCUT2D eigenvalue weighted by atomic mass is 9.64. The normalized spacial score (nSPS) is 16.8. The van der Waals surface area contributed by atoms with Crippen molar-refractivity contribution < 1.29 is 19.4 Å². The van der Waals surface area contributed by atoms with E-state index in [-0.39, 0.29) is 17.4 Å². The predicted molar refractivity (Wildman–Crippen MR) is 100 cm³/mol. The predicted octanol–water partition coefficient (Wildman–Crippen LogP) is 3.20. The number of nitrogens with zero attached hydrogens (tertiary/aromatic N) is 1. The smallest absolute Gasteiger partial charge is 0.421 e. The van der Waals surface area contributed by atoms with Crippen molar-refractivity contribution in [3.05, 3.63) is 0 Å². The Kier molecular flexibility index (Phi) is 8.42. The van der Waals surface area contributed by atoms with E-state index in [9.17, 15) is 9.90 Å². The molecule has 0 fully saturated rings. The minimum absolute atomic E-state index is 0.0328. The highest BCUT2D eigenvalue weighted by molar-refractivity contribution is 6.48. The molecule has 7 heteroatoms. The third kappa shape index (κ3) is 6.35. The van der Waals surface area contributed by atoms with Gasteiger partial charge in [-0.1, -0.05) is 48.0 Å². The van der Waals surface area contributed by atoms with Gasteiger partial charge in [0.25, 0.3) is 0 Å². The summed E-state index contributed by atoms with van der Waals surface area (Å²) >= 11 is 0. The summed E-state index contributed by atoms with van der Waals surface area (Å²) in [4.78, 5) is 11.1. The van der Waals surface area contributed by atoms with Crippen molar-refractivity contribution >= 4 is 15.1 Å². The van der Waals surface area contributed by atoms with E-state index in [1.165, 1.54) is 0 Å². The van der Waals surface area contributed by atoms with Gasteiger partial charge in [0.05, 0.1) is 12.1 Å². The molecule has 0 aliphatic rings. The molecule has 144 valence electrons. The summed E-state index contributed by atoms with van der Waals surface area (Å²) in [6, 6.07) is 0. The van der Waals surface area contributed by atoms with Crippen LogP contribution in [0.5, 0.6) is 0 Å². The summed E-state index contributed by atoms with van der Waals surface area (Å²) in [5.74, 6) is 5.54. The fourth-order valence-corrected chi connectivity index (χ4v) is 4.92. The first-order chi connectivity index (χ1) is 10.7. The second-order valence-corrected chi connectivity index (χ2v) is 11.2. The molecule has 0 radical (unpaired) electrons. The average Bonchev–Trinajstić information content (AvgIpc) is 2.34. The number of carboxylic acid groups (broad SMARTS) is 1. The number of rotatable bonds is 9. The van der Waals surface area contributed by atoms with E-state index >= 15 is 0 Å². The van der Waals surface area contributed by atoms with E-state index in [1.807, 2.05) is 20.8 Å². The average molecular weight is 363 g/mol. The Morgan fingerprint density at radius 2 is 1.75 bits per heavy atom. The minimum atomic E-state index is -1.50. The van der Waals surface area contributed by atoms with Crippen LogP contribution in [-0.2, 0) is 4.43 Å². The first kappa shape index (κ1) is 23.4. The summed E-state index contributed by atoms with van der Waals surface area (Å²) in [5, 5.41) is 20.7. The first-order valence-electron chi connectivity index (χ1n) is 8.79. The fourth-order valence-electron chi connectivity index (χ4n) is 3.49. The van der Waals surface area contributed by atoms with Crippen molar-refractivity contribution in [2.75, 3.05) is 6.54 Å². The fraction of sp³-hybridized carbons (Fsp3) is 0.941. The quantitative estimate of drug-likeness (QED) is 0.253. The number of aliphatic hydroxyl groups is 1. The van der Waals surface area contributed by atoms with E-state index in [0.717, 1.165) is 12.8 Å². The monoisotopic (exact) mass is 362 g/mol. The van der Waals surface area contributed by atoms with Crippen LogP contribution in [0, 0.1) is 10.8 Å². The number of carbonyl (C=O) groups is 1. The molecule has 0 saturated heterocycles. The van der Waals surface area contributed by atoms with Gasteiger partial charge in [-0.15, -0.1) is 0 Å². The van der Waals surface area contributed by atoms with E-state index in [2.05, 4.69) is 33.9 Å². The molecule has 0 aromatic heterocycles. The van der Waals surface area contributed by atoms with Crippen molar-refractivity contribution in [2.45, 2.75) is 85.6 Å². The third-order valence-corrected chi connectivity index (χ3v) is 5.43. The van der Waals surface area contributed by atoms with Gasteiger partial charge in [-0.3, -0.25) is 0 Å². The molecule has 24 heavy (non-hydrogen) atoms. The largest absolute Gasteiger partial charge is 0.464 e. The molecular formula is C17H38N2O4Si. The first-order valence-corrected chi connectivity index (χ1v) is 11.6. The Labute approximate surface area is 149 Å². The van der Waals surface area contributed by atoms with Gasteiger partial charge in [0.1, 0.15) is 6.10 Å². The van der Waals surface area contributed by atoms with Gasteiger partial charge in [0.15, 0.2) is 9.04 Å². The number of hydrazine groups is 1. The topological polar surface area (TPSA) is 96.0 Å². The molecule has 2 unspecified atom stereocenters. The van der Waals surface area contributed by atoms with Gasteiger partial charge >= 0.3 is 6.09 Å². The Hall–Kier alpha value is -0.633. The summed E-state index contributed by atoms with van der Waals surface area (Å²) in [6.07, 6.45) is 0.444. The molecule has 4 N–H and O–H groups in total. The summed E-state index contributed by atoms with van der Waals surface area (Å²) in [6.45, 7) is 16.6. The van der Waals surface area contributed by atoms with Crippen LogP contribution >= 0.6 is 0 Å². The van der Waals surface area contributed by atoms with Crippen molar-refractivity contribution in [3.8, 4) is 0 Å². The second-order valence-electron chi connectivity index (χ2n) is 8.85. The maximum atomic E-state index is 11.1. The van der Waals surface area contributed by atoms with Crippen LogP contribution in [0.1, 0.15) is 60.8 Å². The number of aliphatic hydroxyl groups excluding tert-OH is 1. The SMILES string of the molecule is CCCC(C)(C)CC(O[SiH](C)C)(C(O)CN(N)C(=O)O)C(C)(C)C. The van der Waals surface area contributed by atoms with E-state index in [4.69, 9.17) is 15.4 Å². The van der Waals surface area contributed by atoms with Gasteiger partial charge in [-0.25, -0.2) is 15.6 Å². The van der Waals surface area contributed by atoms with Crippen LogP contribution in [0.4, 0.5) is 4.79 Å². The summed E-state index contributed by atoms with van der Waals surface area (Å²) in [5.41, 5.74) is -1.25. The minimum Gasteiger partial charge on any atom is -0.464 e. The Morgan fingerprint density at radius 1 is 1.25 bits per heavy atom. The molecule has 0 heterocycles. The van der Waals surface area contributed by atoms with Crippen molar-refractivity contribution in [1.82, 2.24) is 5.01 Å². The molecule has 2 atom stereocenters. The standard InChI is InChI=1S/C17H38N2O4Si/c1-9-10-16(5,6)12-17(15(2,3)4,23-24(7)8)13(20)11-19(18)14(21)22/h13,20,24H,9-12,18H2,1-8H3,(H,21,22). The number of amides is 1. The molecule has 0 aromatic rings. The number of hydrogen-bond donors (Lipinski definition) is 3. The van der Waals surface area contributed by atoms with Crippen LogP contribution in [-0.4, -0.2) is 48.6 Å². The van der Waals surface area contributed by atoms with Crippen molar-refractivity contribution in [2.24, 2.45) is 16.7 Å². The van der Waals surface area contributed by atoms with Crippen LogP contribution in [0.2, 0.25) is 13.1 Å². The second kappa shape index (κ2) is 8.65. The van der Waals surface area contributed by atoms with Crippen LogP contribution in [0.3, 0.4) is 0 Å². The Bertz CT molecular complexity index is 410. The highest BCUT2D eigenvalue weighted by atomic mass is 28.3. The van der Waals surface area contributed by atoms with Gasteiger partial charge in [-0.05, 0) is 36.8 Å². The van der Waals surface area contributed by atoms with Crippen molar-refractivity contribution in [1.29, 1.82) is 0 Å². The lowest BCUT2D eigenvalue weighted by Crippen LogP contribution is -2.62. The van der Waals surface area contributed by atoms with Gasteiger partial charge < -0.3 is 14.6 Å². The van der Waals surface area contributed by atoms with Crippen LogP contribution < -0.4 is 5.84 Å². The molecule has 0 aromatic carbocycles. The molecule has 0 aliphatic heterocycles. The van der Waals surface area contributed by atoms with Crippen LogP contribution in [0.15, 0.2) is 0 Å². The van der Waals surface area contributed by atoms with E-state index in [1.54, 1.807) is 0 Å². The Morgan fingerprint density at radius 3 is 2.08 bits per heavy atom. The Balaban J connectivity index is 5.87. The van der Waals surface area contributed by atoms with Crippen molar-refractivity contribution in [3.63, 3.8) is 0 Å². The van der Waals surface area contributed by atoms with Gasteiger partial charge in [0, 0.05) is 0 Å². The summed E-state index contributed by atoms with van der Waals surface area (Å²) in [7, 11) is -1.50. The molecule has 0 saturated carbocycles. The zero-order valence-electron chi connectivity index (χ0n) is 16.7. The van der Waals surface area contributed by atoms with E-state index < -0.39 is 26.8 Å². The maximum Gasteiger partial charge on any atom is 0.421 e. The molecule has 0 spiro atoms. The summed E-state index contributed by atoms with van der Waals surface area (Å²) < 4.78 is 6.44. The molecule has 0 bridgehead atoms. The highest BCUT2D eigenvalue weighted by Crippen LogP contribution is 2.47. The van der Waals surface area contributed by atoms with Gasteiger partial charge in [0.2, 0.25) is 0 Å².